The predicted octanol–water partition coefficient (Wildman–Crippen LogP) is 0.810. The average molecular weight is 225 g/mol. The number of hydrogen-bond donors (Lipinski definition) is 0. The summed E-state index contributed by atoms with van der Waals surface area (Å²) in [6.45, 7) is 2.11. The molecular formula is C5H8INO. The monoisotopic (exact) mass is 225 g/mol. The van der Waals surface area contributed by atoms with Crippen molar-refractivity contribution in [2.75, 3.05) is 13.2 Å². The number of fused-ring (bicyclic) bond motifs is 2. The normalized spacial score (nSPS) is 46.1. The van der Waals surface area contributed by atoms with Crippen LogP contribution in [0.2, 0.25) is 0 Å². The zero-order chi connectivity index (χ0) is 5.56. The number of hydrogen-bond acceptors (Lipinski definition) is 2. The van der Waals surface area contributed by atoms with Gasteiger partial charge in [0.05, 0.1) is 12.7 Å². The Labute approximate surface area is 62.7 Å². The smallest absolute Gasteiger partial charge is 0.0727 e. The van der Waals surface area contributed by atoms with Crippen molar-refractivity contribution in [3.8, 4) is 0 Å². The second kappa shape index (κ2) is 1.82. The van der Waals surface area contributed by atoms with Crippen molar-refractivity contribution in [3.63, 3.8) is 0 Å². The van der Waals surface area contributed by atoms with E-state index in [0.29, 0.717) is 6.10 Å². The molecule has 0 aromatic heterocycles. The van der Waals surface area contributed by atoms with E-state index >= 15 is 0 Å². The first-order chi connectivity index (χ1) is 3.86. The van der Waals surface area contributed by atoms with E-state index in [1.54, 1.807) is 0 Å². The molecule has 0 aromatic carbocycles. The Balaban J connectivity index is 2.11. The molecule has 2 heterocycles. The first-order valence-corrected chi connectivity index (χ1v) is 3.87. The molecule has 0 radical (unpaired) electrons. The van der Waals surface area contributed by atoms with E-state index < -0.39 is 0 Å². The van der Waals surface area contributed by atoms with Crippen LogP contribution < -0.4 is 0 Å². The Morgan fingerprint density at radius 2 is 2.50 bits per heavy atom. The zero-order valence-corrected chi connectivity index (χ0v) is 6.67. The standard InChI is InChI=1S/C5H8INO/c6-7-2-5-1-4(7)3-8-5/h4-5H,1-3H2/t4-,5?/m0/s1. The Morgan fingerprint density at radius 1 is 1.62 bits per heavy atom. The Morgan fingerprint density at radius 3 is 2.75 bits per heavy atom. The molecule has 2 aliphatic rings. The fourth-order valence-electron chi connectivity index (χ4n) is 1.35. The molecule has 8 heavy (non-hydrogen) atoms. The van der Waals surface area contributed by atoms with E-state index in [2.05, 4.69) is 26.0 Å². The Hall–Kier alpha value is 0.650. The highest BCUT2D eigenvalue weighted by molar-refractivity contribution is 14.1. The van der Waals surface area contributed by atoms with Crippen LogP contribution in [0.25, 0.3) is 0 Å². The maximum absolute atomic E-state index is 5.38. The van der Waals surface area contributed by atoms with Crippen molar-refractivity contribution in [1.82, 2.24) is 3.11 Å². The summed E-state index contributed by atoms with van der Waals surface area (Å²) in [5, 5.41) is 0. The van der Waals surface area contributed by atoms with Crippen LogP contribution in [-0.2, 0) is 4.74 Å². The van der Waals surface area contributed by atoms with E-state index in [0.717, 1.165) is 19.2 Å². The molecule has 0 spiro atoms. The highest BCUT2D eigenvalue weighted by Gasteiger charge is 2.37. The van der Waals surface area contributed by atoms with Gasteiger partial charge < -0.3 is 4.74 Å². The van der Waals surface area contributed by atoms with Gasteiger partial charge in [-0.3, -0.25) is 0 Å². The summed E-state index contributed by atoms with van der Waals surface area (Å²) < 4.78 is 7.73. The van der Waals surface area contributed by atoms with Gasteiger partial charge in [-0.1, -0.05) is 0 Å². The molecule has 46 valence electrons. The number of morpholine rings is 1. The number of halogens is 1. The number of ether oxygens (including phenoxy) is 1. The fraction of sp³-hybridized carbons (Fsp3) is 1.00. The molecule has 0 amide bonds. The lowest BCUT2D eigenvalue weighted by Crippen LogP contribution is -2.28. The third kappa shape index (κ3) is 0.681. The lowest BCUT2D eigenvalue weighted by Gasteiger charge is -2.18. The molecule has 2 atom stereocenters. The van der Waals surface area contributed by atoms with E-state index in [-0.39, 0.29) is 0 Å². The second-order valence-electron chi connectivity index (χ2n) is 2.43. The lowest BCUT2D eigenvalue weighted by molar-refractivity contribution is 0.0694. The van der Waals surface area contributed by atoms with E-state index in [1.165, 1.54) is 6.42 Å². The Kier molecular flexibility index (Phi) is 1.23. The van der Waals surface area contributed by atoms with Crippen LogP contribution in [0.15, 0.2) is 0 Å². The summed E-state index contributed by atoms with van der Waals surface area (Å²) in [5.74, 6) is 0. The summed E-state index contributed by atoms with van der Waals surface area (Å²) in [6.07, 6.45) is 1.83. The van der Waals surface area contributed by atoms with Crippen LogP contribution >= 0.6 is 22.9 Å². The molecule has 1 unspecified atom stereocenters. The van der Waals surface area contributed by atoms with Gasteiger partial charge in [-0.2, -0.15) is 0 Å². The van der Waals surface area contributed by atoms with Crippen molar-refractivity contribution in [2.45, 2.75) is 18.6 Å². The maximum Gasteiger partial charge on any atom is 0.0727 e. The summed E-state index contributed by atoms with van der Waals surface area (Å²) in [5.41, 5.74) is 0. The van der Waals surface area contributed by atoms with Gasteiger partial charge in [0, 0.05) is 35.5 Å². The minimum absolute atomic E-state index is 0.567. The van der Waals surface area contributed by atoms with Gasteiger partial charge in [-0.15, -0.1) is 0 Å². The highest BCUT2D eigenvalue weighted by Crippen LogP contribution is 2.29. The second-order valence-corrected chi connectivity index (χ2v) is 3.67. The van der Waals surface area contributed by atoms with Crippen molar-refractivity contribution in [2.24, 2.45) is 0 Å². The number of nitrogens with zero attached hydrogens (tertiary/aromatic N) is 1. The minimum atomic E-state index is 0.567. The fourth-order valence-corrected chi connectivity index (χ4v) is 2.18. The zero-order valence-electron chi connectivity index (χ0n) is 4.51. The minimum Gasteiger partial charge on any atom is -0.375 e. The van der Waals surface area contributed by atoms with Gasteiger partial charge in [-0.25, -0.2) is 3.11 Å². The maximum atomic E-state index is 5.38. The van der Waals surface area contributed by atoms with Gasteiger partial charge in [-0.05, 0) is 6.42 Å². The summed E-state index contributed by atoms with van der Waals surface area (Å²) in [7, 11) is 0. The third-order valence-corrected chi connectivity index (χ3v) is 3.02. The Bertz CT molecular complexity index is 107. The molecule has 3 heteroatoms. The SMILES string of the molecule is IN1CC2C[C@H]1CO2. The predicted molar refractivity (Wildman–Crippen MR) is 38.9 cm³/mol. The first kappa shape index (κ1) is 5.44. The molecule has 2 bridgehead atoms. The highest BCUT2D eigenvalue weighted by atomic mass is 127. The van der Waals surface area contributed by atoms with Gasteiger partial charge in [0.25, 0.3) is 0 Å². The molecule has 2 saturated heterocycles. The molecule has 2 rings (SSSR count). The van der Waals surface area contributed by atoms with Crippen molar-refractivity contribution in [1.29, 1.82) is 0 Å². The van der Waals surface area contributed by atoms with Gasteiger partial charge >= 0.3 is 0 Å². The van der Waals surface area contributed by atoms with Crippen molar-refractivity contribution < 1.29 is 4.74 Å². The van der Waals surface area contributed by atoms with E-state index in [1.807, 2.05) is 0 Å². The molecule has 2 aliphatic heterocycles. The number of rotatable bonds is 0. The van der Waals surface area contributed by atoms with Gasteiger partial charge in [0.1, 0.15) is 0 Å². The molecule has 2 fully saturated rings. The summed E-state index contributed by atoms with van der Waals surface area (Å²) in [4.78, 5) is 0. The largest absolute Gasteiger partial charge is 0.375 e. The molecule has 2 nitrogen and oxygen atoms in total. The van der Waals surface area contributed by atoms with Crippen molar-refractivity contribution in [3.05, 3.63) is 0 Å². The van der Waals surface area contributed by atoms with Crippen LogP contribution in [0.3, 0.4) is 0 Å². The van der Waals surface area contributed by atoms with Crippen LogP contribution in [0.1, 0.15) is 6.42 Å². The molecule has 0 aliphatic carbocycles. The van der Waals surface area contributed by atoms with E-state index in [9.17, 15) is 0 Å². The lowest BCUT2D eigenvalue weighted by atomic mass is 10.3. The molecule has 0 N–H and O–H groups in total. The van der Waals surface area contributed by atoms with Crippen molar-refractivity contribution >= 4 is 22.9 Å². The van der Waals surface area contributed by atoms with E-state index in [4.69, 9.17) is 4.74 Å². The molecule has 0 aromatic rings. The summed E-state index contributed by atoms with van der Waals surface area (Å²) in [6, 6.07) is 0.737. The molecular weight excluding hydrogens is 217 g/mol. The quantitative estimate of drug-likeness (QED) is 0.446. The van der Waals surface area contributed by atoms with Gasteiger partial charge in [0.15, 0.2) is 0 Å². The third-order valence-electron chi connectivity index (χ3n) is 1.83. The topological polar surface area (TPSA) is 12.5 Å². The van der Waals surface area contributed by atoms with Crippen LogP contribution in [0.4, 0.5) is 0 Å². The summed E-state index contributed by atoms with van der Waals surface area (Å²) >= 11 is 2.38. The van der Waals surface area contributed by atoms with Crippen LogP contribution in [0.5, 0.6) is 0 Å². The van der Waals surface area contributed by atoms with Crippen LogP contribution in [-0.4, -0.2) is 28.4 Å². The van der Waals surface area contributed by atoms with Gasteiger partial charge in [0.2, 0.25) is 0 Å². The van der Waals surface area contributed by atoms with Crippen LogP contribution in [0, 0.1) is 0 Å². The average Bonchev–Trinajstić information content (AvgIpc) is 2.23. The molecule has 0 saturated carbocycles. The first-order valence-electron chi connectivity index (χ1n) is 2.90.